The van der Waals surface area contributed by atoms with Crippen LogP contribution < -0.4 is 0 Å². The largest absolute Gasteiger partial charge is 0.218 e. The summed E-state index contributed by atoms with van der Waals surface area (Å²) < 4.78 is 25.9. The Kier molecular flexibility index (Phi) is 2.21. The maximum absolute atomic E-state index is 12.1. The smallest absolute Gasteiger partial charge is 0.209 e. The van der Waals surface area contributed by atoms with Crippen LogP contribution in [0.25, 0.3) is 9.75 Å². The fourth-order valence-electron chi connectivity index (χ4n) is 1.53. The summed E-state index contributed by atoms with van der Waals surface area (Å²) in [6, 6.07) is 3.35. The average Bonchev–Trinajstić information content (AvgIpc) is 2.72. The Balaban J connectivity index is 2.49. The number of rotatable bonds is 0. The predicted octanol–water partition coefficient (Wildman–Crippen LogP) is 4.15. The summed E-state index contributed by atoms with van der Waals surface area (Å²) in [5.41, 5.74) is 0. The summed E-state index contributed by atoms with van der Waals surface area (Å²) in [6.07, 6.45) is 0. The van der Waals surface area contributed by atoms with E-state index in [9.17, 15) is 8.42 Å². The Morgan fingerprint density at radius 3 is 1.73 bits per heavy atom. The van der Waals surface area contributed by atoms with Crippen molar-refractivity contribution >= 4 is 64.4 Å². The third-order valence-electron chi connectivity index (χ3n) is 2.12. The van der Waals surface area contributed by atoms with Gasteiger partial charge in [-0.15, -0.1) is 22.7 Å². The van der Waals surface area contributed by atoms with Crippen LogP contribution in [-0.2, 0) is 9.84 Å². The quantitative estimate of drug-likeness (QED) is 0.582. The summed E-state index contributed by atoms with van der Waals surface area (Å²) in [4.78, 5) is 2.58. The molecule has 1 aliphatic heterocycles. The molecule has 78 valence electrons. The molecule has 0 bridgehead atoms. The van der Waals surface area contributed by atoms with E-state index in [0.29, 0.717) is 9.79 Å². The molecule has 2 nitrogen and oxygen atoms in total. The Morgan fingerprint density at radius 1 is 0.933 bits per heavy atom. The number of hydrogen-bond acceptors (Lipinski definition) is 4. The van der Waals surface area contributed by atoms with Crippen molar-refractivity contribution in [3.63, 3.8) is 0 Å². The first-order valence-corrected chi connectivity index (χ1v) is 8.54. The first-order chi connectivity index (χ1) is 7.00. The topological polar surface area (TPSA) is 34.1 Å². The first-order valence-electron chi connectivity index (χ1n) is 3.84. The molecular weight excluding hydrogens is 384 g/mol. The molecule has 0 atom stereocenters. The van der Waals surface area contributed by atoms with Crippen molar-refractivity contribution in [3.05, 3.63) is 19.7 Å². The fourth-order valence-corrected chi connectivity index (χ4v) is 7.64. The molecular formula is C8H2Br2O2S3. The monoisotopic (exact) mass is 384 g/mol. The number of hydrogen-bond donors (Lipinski definition) is 0. The molecule has 0 aromatic carbocycles. The van der Waals surface area contributed by atoms with Crippen molar-refractivity contribution in [1.29, 1.82) is 0 Å². The van der Waals surface area contributed by atoms with Gasteiger partial charge in [0.15, 0.2) is 0 Å². The van der Waals surface area contributed by atoms with Gasteiger partial charge < -0.3 is 0 Å². The molecule has 3 rings (SSSR count). The van der Waals surface area contributed by atoms with E-state index in [1.807, 2.05) is 0 Å². The number of sulfone groups is 1. The molecule has 2 aromatic heterocycles. The van der Waals surface area contributed by atoms with E-state index >= 15 is 0 Å². The molecule has 3 heterocycles. The SMILES string of the molecule is O=S1(=O)c2cc(Br)sc2-c2sc(Br)cc21. The van der Waals surface area contributed by atoms with Gasteiger partial charge in [-0.05, 0) is 44.0 Å². The van der Waals surface area contributed by atoms with Gasteiger partial charge in [0.25, 0.3) is 0 Å². The van der Waals surface area contributed by atoms with Crippen LogP contribution in [-0.4, -0.2) is 8.42 Å². The van der Waals surface area contributed by atoms with E-state index in [-0.39, 0.29) is 0 Å². The molecule has 0 spiro atoms. The van der Waals surface area contributed by atoms with Gasteiger partial charge in [0, 0.05) is 0 Å². The van der Waals surface area contributed by atoms with Crippen molar-refractivity contribution in [3.8, 4) is 9.75 Å². The summed E-state index contributed by atoms with van der Waals surface area (Å²) in [6.45, 7) is 0. The zero-order chi connectivity index (χ0) is 10.8. The lowest BCUT2D eigenvalue weighted by Crippen LogP contribution is -1.93. The van der Waals surface area contributed by atoms with Crippen LogP contribution in [0.15, 0.2) is 29.5 Å². The molecule has 1 aliphatic rings. The lowest BCUT2D eigenvalue weighted by atomic mass is 10.4. The second kappa shape index (κ2) is 3.16. The lowest BCUT2D eigenvalue weighted by Gasteiger charge is -1.91. The number of thiophene rings is 2. The van der Waals surface area contributed by atoms with E-state index < -0.39 is 9.84 Å². The van der Waals surface area contributed by atoms with E-state index in [2.05, 4.69) is 31.9 Å². The molecule has 0 amide bonds. The maximum Gasteiger partial charge on any atom is 0.209 e. The van der Waals surface area contributed by atoms with Crippen LogP contribution in [0.4, 0.5) is 0 Å². The van der Waals surface area contributed by atoms with E-state index in [0.717, 1.165) is 17.3 Å². The highest BCUT2D eigenvalue weighted by Crippen LogP contribution is 2.53. The van der Waals surface area contributed by atoms with Crippen LogP contribution >= 0.6 is 54.5 Å². The molecule has 7 heteroatoms. The Morgan fingerprint density at radius 2 is 1.33 bits per heavy atom. The van der Waals surface area contributed by atoms with Gasteiger partial charge in [0.2, 0.25) is 9.84 Å². The molecule has 0 unspecified atom stereocenters. The van der Waals surface area contributed by atoms with Crippen LogP contribution in [0, 0.1) is 0 Å². The molecule has 15 heavy (non-hydrogen) atoms. The van der Waals surface area contributed by atoms with Crippen LogP contribution in [0.1, 0.15) is 0 Å². The summed E-state index contributed by atoms with van der Waals surface area (Å²) in [5, 5.41) is 0. The number of fused-ring (bicyclic) bond motifs is 3. The van der Waals surface area contributed by atoms with Gasteiger partial charge in [0.05, 0.1) is 27.1 Å². The highest BCUT2D eigenvalue weighted by molar-refractivity contribution is 9.11. The van der Waals surface area contributed by atoms with Gasteiger partial charge in [-0.2, -0.15) is 0 Å². The third kappa shape index (κ3) is 1.33. The molecule has 0 saturated heterocycles. The van der Waals surface area contributed by atoms with Gasteiger partial charge in [-0.3, -0.25) is 0 Å². The van der Waals surface area contributed by atoms with Gasteiger partial charge in [0.1, 0.15) is 0 Å². The molecule has 2 aromatic rings. The zero-order valence-corrected chi connectivity index (χ0v) is 12.6. The normalized spacial score (nSPS) is 16.4. The third-order valence-corrected chi connectivity index (χ3v) is 7.62. The second-order valence-electron chi connectivity index (χ2n) is 2.99. The fraction of sp³-hybridized carbons (Fsp3) is 0. The number of halogens is 2. The zero-order valence-electron chi connectivity index (χ0n) is 6.95. The second-order valence-corrected chi connectivity index (χ2v) is 9.74. The predicted molar refractivity (Wildman–Crippen MR) is 68.5 cm³/mol. The van der Waals surface area contributed by atoms with Crippen LogP contribution in [0.5, 0.6) is 0 Å². The first kappa shape index (κ1) is 10.5. The Bertz CT molecular complexity index is 614. The van der Waals surface area contributed by atoms with Gasteiger partial charge in [-0.1, -0.05) is 0 Å². The van der Waals surface area contributed by atoms with Crippen molar-refractivity contribution in [2.24, 2.45) is 0 Å². The summed E-state index contributed by atoms with van der Waals surface area (Å²) in [5.74, 6) is 0. The van der Waals surface area contributed by atoms with E-state index in [1.165, 1.54) is 22.7 Å². The summed E-state index contributed by atoms with van der Waals surface area (Å²) >= 11 is 9.55. The average molecular weight is 386 g/mol. The van der Waals surface area contributed by atoms with Crippen LogP contribution in [0.3, 0.4) is 0 Å². The van der Waals surface area contributed by atoms with Crippen LogP contribution in [0.2, 0.25) is 0 Å². The summed E-state index contributed by atoms with van der Waals surface area (Å²) in [7, 11) is -3.26. The van der Waals surface area contributed by atoms with Gasteiger partial charge in [-0.25, -0.2) is 8.42 Å². The van der Waals surface area contributed by atoms with E-state index in [1.54, 1.807) is 12.1 Å². The highest BCUT2D eigenvalue weighted by Gasteiger charge is 2.37. The maximum atomic E-state index is 12.1. The lowest BCUT2D eigenvalue weighted by molar-refractivity contribution is 0.599. The molecule has 0 saturated carbocycles. The van der Waals surface area contributed by atoms with Crippen molar-refractivity contribution in [2.45, 2.75) is 9.79 Å². The molecule has 0 aliphatic carbocycles. The minimum absolute atomic E-state index is 0.438. The minimum atomic E-state index is -3.26. The molecule has 0 N–H and O–H groups in total. The van der Waals surface area contributed by atoms with Gasteiger partial charge >= 0.3 is 0 Å². The molecule has 0 radical (unpaired) electrons. The standard InChI is InChI=1S/C8H2Br2O2S3/c9-5-1-3-7(13-5)8-4(15(3,11)12)2-6(10)14-8/h1-2H. The minimum Gasteiger partial charge on any atom is -0.218 e. The molecule has 0 fully saturated rings. The Hall–Kier alpha value is 0.310. The van der Waals surface area contributed by atoms with E-state index in [4.69, 9.17) is 0 Å². The van der Waals surface area contributed by atoms with Crippen molar-refractivity contribution < 1.29 is 8.42 Å². The Labute approximate surface area is 111 Å². The van der Waals surface area contributed by atoms with Crippen molar-refractivity contribution in [2.75, 3.05) is 0 Å². The van der Waals surface area contributed by atoms with Crippen molar-refractivity contribution in [1.82, 2.24) is 0 Å². The highest BCUT2D eigenvalue weighted by atomic mass is 79.9.